The van der Waals surface area contributed by atoms with Crippen molar-refractivity contribution >= 4 is 27.7 Å². The van der Waals surface area contributed by atoms with Crippen molar-refractivity contribution in [2.75, 3.05) is 19.8 Å². The van der Waals surface area contributed by atoms with E-state index in [2.05, 4.69) is 52.4 Å². The summed E-state index contributed by atoms with van der Waals surface area (Å²) in [5.41, 5.74) is 0. The van der Waals surface area contributed by atoms with Crippen molar-refractivity contribution in [3.63, 3.8) is 0 Å². The van der Waals surface area contributed by atoms with Crippen LogP contribution in [0.15, 0.2) is 33.6 Å². The van der Waals surface area contributed by atoms with E-state index < -0.39 is 0 Å². The Hall–Kier alpha value is -0.0300. The second-order valence-corrected chi connectivity index (χ2v) is 6.77. The van der Waals surface area contributed by atoms with Gasteiger partial charge in [0, 0.05) is 27.3 Å². The lowest BCUT2D eigenvalue weighted by Crippen LogP contribution is -2.45. The summed E-state index contributed by atoms with van der Waals surface area (Å²) >= 11 is 5.44. The average Bonchev–Trinajstić information content (AvgIpc) is 2.38. The number of halogens is 1. The van der Waals surface area contributed by atoms with Crippen molar-refractivity contribution in [2.45, 2.75) is 36.0 Å². The van der Waals surface area contributed by atoms with Gasteiger partial charge in [-0.3, -0.25) is 0 Å². The highest BCUT2D eigenvalue weighted by Crippen LogP contribution is 2.30. The van der Waals surface area contributed by atoms with Gasteiger partial charge in [0.25, 0.3) is 0 Å². The molecule has 2 rings (SSSR count). The molecule has 0 spiro atoms. The highest BCUT2D eigenvalue weighted by molar-refractivity contribution is 9.10. The van der Waals surface area contributed by atoms with Gasteiger partial charge in [-0.1, -0.05) is 28.9 Å². The molecule has 1 aromatic carbocycles. The quantitative estimate of drug-likeness (QED) is 0.889. The molecule has 0 aliphatic carbocycles. The molecule has 100 valence electrons. The average molecular weight is 330 g/mol. The van der Waals surface area contributed by atoms with E-state index >= 15 is 0 Å². The molecule has 1 fully saturated rings. The van der Waals surface area contributed by atoms with Gasteiger partial charge in [-0.2, -0.15) is 0 Å². The number of ether oxygens (including phenoxy) is 1. The molecule has 0 amide bonds. The van der Waals surface area contributed by atoms with E-state index in [4.69, 9.17) is 4.74 Å². The maximum atomic E-state index is 5.62. The number of hydrogen-bond acceptors (Lipinski definition) is 3. The van der Waals surface area contributed by atoms with E-state index in [0.29, 0.717) is 11.3 Å². The zero-order valence-electron chi connectivity index (χ0n) is 10.7. The maximum absolute atomic E-state index is 5.62. The molecule has 0 bridgehead atoms. The van der Waals surface area contributed by atoms with Crippen LogP contribution in [0.1, 0.15) is 19.8 Å². The van der Waals surface area contributed by atoms with Crippen LogP contribution in [-0.2, 0) is 4.74 Å². The molecule has 1 aromatic rings. The number of nitrogens with one attached hydrogen (secondary N) is 1. The molecule has 1 aliphatic heterocycles. The van der Waals surface area contributed by atoms with Gasteiger partial charge >= 0.3 is 0 Å². The first-order valence-electron chi connectivity index (χ1n) is 6.53. The fourth-order valence-corrected chi connectivity index (χ4v) is 3.92. The van der Waals surface area contributed by atoms with E-state index in [-0.39, 0.29) is 0 Å². The highest BCUT2D eigenvalue weighted by atomic mass is 79.9. The molecule has 1 N–H and O–H groups in total. The van der Waals surface area contributed by atoms with Crippen molar-refractivity contribution in [2.24, 2.45) is 0 Å². The Morgan fingerprint density at radius 1 is 1.50 bits per heavy atom. The van der Waals surface area contributed by atoms with Gasteiger partial charge in [0.15, 0.2) is 0 Å². The molecule has 2 unspecified atom stereocenters. The van der Waals surface area contributed by atoms with E-state index in [1.807, 2.05) is 11.8 Å². The molecule has 2 nitrogen and oxygen atoms in total. The summed E-state index contributed by atoms with van der Waals surface area (Å²) in [6.45, 7) is 5.04. The zero-order chi connectivity index (χ0) is 12.8. The summed E-state index contributed by atoms with van der Waals surface area (Å²) in [6.07, 6.45) is 2.30. The Balaban J connectivity index is 1.96. The summed E-state index contributed by atoms with van der Waals surface area (Å²) in [5.74, 6) is 0. The molecule has 2 atom stereocenters. The van der Waals surface area contributed by atoms with Gasteiger partial charge < -0.3 is 10.1 Å². The van der Waals surface area contributed by atoms with E-state index in [9.17, 15) is 0 Å². The maximum Gasteiger partial charge on any atom is 0.0603 e. The molecule has 0 saturated carbocycles. The minimum atomic E-state index is 0.514. The van der Waals surface area contributed by atoms with Crippen LogP contribution in [0.4, 0.5) is 0 Å². The van der Waals surface area contributed by atoms with E-state index in [0.717, 1.165) is 30.7 Å². The zero-order valence-corrected chi connectivity index (χ0v) is 13.1. The third-order valence-electron chi connectivity index (χ3n) is 3.04. The lowest BCUT2D eigenvalue weighted by Gasteiger charge is -2.32. The van der Waals surface area contributed by atoms with Crippen LogP contribution in [0.5, 0.6) is 0 Å². The Kier molecular flexibility index (Phi) is 6.02. The Bertz CT molecular complexity index is 375. The van der Waals surface area contributed by atoms with Crippen LogP contribution in [0, 0.1) is 0 Å². The van der Waals surface area contributed by atoms with Gasteiger partial charge in [-0.25, -0.2) is 0 Å². The van der Waals surface area contributed by atoms with Crippen molar-refractivity contribution in [1.29, 1.82) is 0 Å². The third-order valence-corrected chi connectivity index (χ3v) is 4.83. The minimum absolute atomic E-state index is 0.514. The van der Waals surface area contributed by atoms with Gasteiger partial charge in [0.2, 0.25) is 0 Å². The number of benzene rings is 1. The third kappa shape index (κ3) is 4.26. The molecule has 18 heavy (non-hydrogen) atoms. The van der Waals surface area contributed by atoms with Crippen LogP contribution >= 0.6 is 27.7 Å². The van der Waals surface area contributed by atoms with Gasteiger partial charge in [0.05, 0.1) is 6.61 Å². The first-order chi connectivity index (χ1) is 8.79. The van der Waals surface area contributed by atoms with Crippen molar-refractivity contribution in [1.82, 2.24) is 5.32 Å². The first-order valence-corrected chi connectivity index (χ1v) is 8.20. The van der Waals surface area contributed by atoms with Crippen LogP contribution in [0.25, 0.3) is 0 Å². The molecule has 1 aliphatic rings. The molecular formula is C14H20BrNOS. The minimum Gasteiger partial charge on any atom is -0.380 e. The summed E-state index contributed by atoms with van der Waals surface area (Å²) in [6, 6.07) is 9.07. The highest BCUT2D eigenvalue weighted by Gasteiger charge is 2.25. The molecule has 1 saturated heterocycles. The van der Waals surface area contributed by atoms with Crippen LogP contribution in [0.3, 0.4) is 0 Å². The molecule has 1 heterocycles. The van der Waals surface area contributed by atoms with E-state index in [1.54, 1.807) is 0 Å². The SMILES string of the molecule is CCCNC1CCOCC1Sc1cccc(Br)c1. The van der Waals surface area contributed by atoms with Gasteiger partial charge in [-0.05, 0) is 37.6 Å². The topological polar surface area (TPSA) is 21.3 Å². The second-order valence-electron chi connectivity index (χ2n) is 4.54. The fourth-order valence-electron chi connectivity index (χ4n) is 2.11. The van der Waals surface area contributed by atoms with Crippen molar-refractivity contribution < 1.29 is 4.74 Å². The monoisotopic (exact) mass is 329 g/mol. The lowest BCUT2D eigenvalue weighted by molar-refractivity contribution is 0.0833. The summed E-state index contributed by atoms with van der Waals surface area (Å²) in [5, 5.41) is 4.16. The Labute approximate surface area is 122 Å². The van der Waals surface area contributed by atoms with Crippen LogP contribution in [-0.4, -0.2) is 31.1 Å². The molecular weight excluding hydrogens is 310 g/mol. The number of hydrogen-bond donors (Lipinski definition) is 1. The summed E-state index contributed by atoms with van der Waals surface area (Å²) in [4.78, 5) is 1.31. The van der Waals surface area contributed by atoms with Gasteiger partial charge in [0.1, 0.15) is 0 Å². The lowest BCUT2D eigenvalue weighted by atomic mass is 10.1. The molecule has 0 radical (unpaired) electrons. The van der Waals surface area contributed by atoms with Crippen LogP contribution < -0.4 is 5.32 Å². The standard InChI is InChI=1S/C14H20BrNOS/c1-2-7-16-13-6-8-17-10-14(13)18-12-5-3-4-11(15)9-12/h3-5,9,13-14,16H,2,6-8,10H2,1H3. The summed E-state index contributed by atoms with van der Waals surface area (Å²) in [7, 11) is 0. The van der Waals surface area contributed by atoms with Gasteiger partial charge in [-0.15, -0.1) is 11.8 Å². The number of rotatable bonds is 5. The molecule has 0 aromatic heterocycles. The first kappa shape index (κ1) is 14.4. The second kappa shape index (κ2) is 7.53. The predicted molar refractivity (Wildman–Crippen MR) is 81.3 cm³/mol. The fraction of sp³-hybridized carbons (Fsp3) is 0.571. The van der Waals surface area contributed by atoms with E-state index in [1.165, 1.54) is 11.3 Å². The normalized spacial score (nSPS) is 24.1. The summed E-state index contributed by atoms with van der Waals surface area (Å²) < 4.78 is 6.76. The van der Waals surface area contributed by atoms with Crippen molar-refractivity contribution in [3.05, 3.63) is 28.7 Å². The predicted octanol–water partition coefficient (Wildman–Crippen LogP) is 3.70. The van der Waals surface area contributed by atoms with Crippen LogP contribution in [0.2, 0.25) is 0 Å². The smallest absolute Gasteiger partial charge is 0.0603 e. The Morgan fingerprint density at radius 2 is 2.39 bits per heavy atom. The Morgan fingerprint density at radius 3 is 3.17 bits per heavy atom. The van der Waals surface area contributed by atoms with Crippen molar-refractivity contribution in [3.8, 4) is 0 Å². The molecule has 4 heteroatoms. The largest absolute Gasteiger partial charge is 0.380 e. The number of thioether (sulfide) groups is 1.